The summed E-state index contributed by atoms with van der Waals surface area (Å²) in [7, 11) is 0. The summed E-state index contributed by atoms with van der Waals surface area (Å²) in [5, 5.41) is 9.24. The van der Waals surface area contributed by atoms with Crippen molar-refractivity contribution in [3.05, 3.63) is 35.9 Å². The van der Waals surface area contributed by atoms with Gasteiger partial charge in [0.25, 0.3) is 0 Å². The van der Waals surface area contributed by atoms with E-state index in [9.17, 15) is 14.7 Å². The van der Waals surface area contributed by atoms with Gasteiger partial charge < -0.3 is 14.9 Å². The van der Waals surface area contributed by atoms with Crippen molar-refractivity contribution >= 4 is 11.8 Å². The lowest BCUT2D eigenvalue weighted by Crippen LogP contribution is -2.46. The average molecular weight is 330 g/mol. The second-order valence-electron chi connectivity index (χ2n) is 6.96. The van der Waals surface area contributed by atoms with Crippen molar-refractivity contribution in [1.29, 1.82) is 0 Å². The van der Waals surface area contributed by atoms with Gasteiger partial charge in [0, 0.05) is 38.7 Å². The van der Waals surface area contributed by atoms with E-state index in [1.54, 1.807) is 0 Å². The van der Waals surface area contributed by atoms with Gasteiger partial charge in [0.05, 0.1) is 12.3 Å². The maximum absolute atomic E-state index is 12.7. The molecule has 2 atom stereocenters. The second kappa shape index (κ2) is 7.79. The molecule has 0 aromatic heterocycles. The molecule has 2 amide bonds. The van der Waals surface area contributed by atoms with Crippen LogP contribution in [0.3, 0.4) is 0 Å². The molecule has 2 aliphatic rings. The molecule has 2 fully saturated rings. The number of hydrogen-bond donors (Lipinski definition) is 1. The van der Waals surface area contributed by atoms with E-state index >= 15 is 0 Å². The number of likely N-dealkylation sites (tertiary alicyclic amines) is 2. The minimum absolute atomic E-state index is 0.0871. The van der Waals surface area contributed by atoms with Crippen LogP contribution >= 0.6 is 0 Å². The third-order valence-corrected chi connectivity index (χ3v) is 5.18. The number of rotatable bonds is 4. The van der Waals surface area contributed by atoms with Crippen molar-refractivity contribution in [2.24, 2.45) is 11.8 Å². The second-order valence-corrected chi connectivity index (χ2v) is 6.96. The van der Waals surface area contributed by atoms with E-state index < -0.39 is 0 Å². The highest BCUT2D eigenvalue weighted by Gasteiger charge is 2.34. The fourth-order valence-electron chi connectivity index (χ4n) is 3.73. The highest BCUT2D eigenvalue weighted by atomic mass is 16.3. The maximum atomic E-state index is 12.7. The molecule has 0 aliphatic carbocycles. The molecule has 2 unspecified atom stereocenters. The Hall–Kier alpha value is -1.88. The molecular formula is C19H26N2O3. The fraction of sp³-hybridized carbons (Fsp3) is 0.579. The van der Waals surface area contributed by atoms with Gasteiger partial charge in [0.1, 0.15) is 0 Å². The Morgan fingerprint density at radius 1 is 1.04 bits per heavy atom. The summed E-state index contributed by atoms with van der Waals surface area (Å²) < 4.78 is 0. The zero-order chi connectivity index (χ0) is 16.9. The lowest BCUT2D eigenvalue weighted by Gasteiger charge is -2.34. The Morgan fingerprint density at radius 3 is 2.54 bits per heavy atom. The molecule has 0 radical (unpaired) electrons. The predicted octanol–water partition coefficient (Wildman–Crippen LogP) is 1.31. The topological polar surface area (TPSA) is 60.9 Å². The van der Waals surface area contributed by atoms with E-state index in [1.165, 1.54) is 0 Å². The molecule has 5 heteroatoms. The molecule has 1 N–H and O–H groups in total. The molecular weight excluding hydrogens is 304 g/mol. The summed E-state index contributed by atoms with van der Waals surface area (Å²) in [6.07, 6.45) is 3.02. The number of aliphatic hydroxyl groups is 1. The van der Waals surface area contributed by atoms with Crippen LogP contribution in [0.1, 0.15) is 24.8 Å². The van der Waals surface area contributed by atoms with Crippen LogP contribution in [0.15, 0.2) is 30.3 Å². The molecule has 1 aromatic carbocycles. The number of hydrogen-bond acceptors (Lipinski definition) is 3. The maximum Gasteiger partial charge on any atom is 0.227 e. The first-order chi connectivity index (χ1) is 11.7. The quantitative estimate of drug-likeness (QED) is 0.905. The smallest absolute Gasteiger partial charge is 0.227 e. The Bertz CT molecular complexity index is 575. The summed E-state index contributed by atoms with van der Waals surface area (Å²) >= 11 is 0. The van der Waals surface area contributed by atoms with Crippen LogP contribution in [-0.4, -0.2) is 59.5 Å². The third kappa shape index (κ3) is 3.96. The number of aliphatic hydroxyl groups excluding tert-OH is 1. The first-order valence-corrected chi connectivity index (χ1v) is 8.88. The Morgan fingerprint density at radius 2 is 1.83 bits per heavy atom. The SMILES string of the molecule is O=C(Cc1ccccc1)N1CCCC(C(=O)N2CCC(CO)C2)C1. The van der Waals surface area contributed by atoms with Crippen molar-refractivity contribution in [2.75, 3.05) is 32.8 Å². The van der Waals surface area contributed by atoms with E-state index in [4.69, 9.17) is 0 Å². The molecule has 0 saturated carbocycles. The number of carbonyl (C=O) groups is 2. The third-order valence-electron chi connectivity index (χ3n) is 5.18. The van der Waals surface area contributed by atoms with Crippen LogP contribution in [0.25, 0.3) is 0 Å². The largest absolute Gasteiger partial charge is 0.396 e. The highest BCUT2D eigenvalue weighted by Crippen LogP contribution is 2.23. The number of amides is 2. The van der Waals surface area contributed by atoms with Gasteiger partial charge in [-0.05, 0) is 24.8 Å². The molecule has 130 valence electrons. The zero-order valence-corrected chi connectivity index (χ0v) is 14.1. The fourth-order valence-corrected chi connectivity index (χ4v) is 3.73. The van der Waals surface area contributed by atoms with Crippen molar-refractivity contribution in [1.82, 2.24) is 9.80 Å². The van der Waals surface area contributed by atoms with E-state index in [-0.39, 0.29) is 30.3 Å². The average Bonchev–Trinajstić information content (AvgIpc) is 3.11. The molecule has 5 nitrogen and oxygen atoms in total. The Labute approximate surface area is 143 Å². The van der Waals surface area contributed by atoms with Gasteiger partial charge in [-0.3, -0.25) is 9.59 Å². The lowest BCUT2D eigenvalue weighted by molar-refractivity contribution is -0.140. The monoisotopic (exact) mass is 330 g/mol. The standard InChI is InChI=1S/C19H26N2O3/c22-14-16-8-10-21(12-16)19(24)17-7-4-9-20(13-17)18(23)11-15-5-2-1-3-6-15/h1-3,5-6,16-17,22H,4,7-14H2. The predicted molar refractivity (Wildman–Crippen MR) is 91.2 cm³/mol. The summed E-state index contributed by atoms with van der Waals surface area (Å²) in [5.41, 5.74) is 1.02. The van der Waals surface area contributed by atoms with E-state index in [0.29, 0.717) is 19.5 Å². The molecule has 1 aromatic rings. The van der Waals surface area contributed by atoms with E-state index in [0.717, 1.165) is 37.9 Å². The minimum atomic E-state index is -0.0871. The van der Waals surface area contributed by atoms with Crippen molar-refractivity contribution in [3.8, 4) is 0 Å². The molecule has 0 spiro atoms. The van der Waals surface area contributed by atoms with Crippen LogP contribution in [0.5, 0.6) is 0 Å². The van der Waals surface area contributed by atoms with E-state index in [1.807, 2.05) is 40.1 Å². The van der Waals surface area contributed by atoms with Crippen LogP contribution < -0.4 is 0 Å². The summed E-state index contributed by atoms with van der Waals surface area (Å²) in [5.74, 6) is 0.390. The van der Waals surface area contributed by atoms with Crippen LogP contribution in [-0.2, 0) is 16.0 Å². The van der Waals surface area contributed by atoms with Gasteiger partial charge in [-0.2, -0.15) is 0 Å². The van der Waals surface area contributed by atoms with Gasteiger partial charge >= 0.3 is 0 Å². The zero-order valence-electron chi connectivity index (χ0n) is 14.1. The van der Waals surface area contributed by atoms with Crippen molar-refractivity contribution in [3.63, 3.8) is 0 Å². The molecule has 24 heavy (non-hydrogen) atoms. The number of nitrogens with zero attached hydrogens (tertiary/aromatic N) is 2. The first-order valence-electron chi connectivity index (χ1n) is 8.88. The number of benzene rings is 1. The molecule has 2 aliphatic heterocycles. The molecule has 3 rings (SSSR count). The van der Waals surface area contributed by atoms with Crippen LogP contribution in [0, 0.1) is 11.8 Å². The van der Waals surface area contributed by atoms with Gasteiger partial charge in [0.2, 0.25) is 11.8 Å². The Balaban J connectivity index is 1.56. The van der Waals surface area contributed by atoms with E-state index in [2.05, 4.69) is 0 Å². The van der Waals surface area contributed by atoms with Crippen molar-refractivity contribution in [2.45, 2.75) is 25.7 Å². The first kappa shape index (κ1) is 17.0. The molecule has 0 bridgehead atoms. The minimum Gasteiger partial charge on any atom is -0.396 e. The molecule has 2 saturated heterocycles. The number of carbonyl (C=O) groups excluding carboxylic acids is 2. The van der Waals surface area contributed by atoms with Gasteiger partial charge in [-0.1, -0.05) is 30.3 Å². The van der Waals surface area contributed by atoms with Gasteiger partial charge in [-0.15, -0.1) is 0 Å². The van der Waals surface area contributed by atoms with Crippen LogP contribution in [0.2, 0.25) is 0 Å². The highest BCUT2D eigenvalue weighted by molar-refractivity contribution is 5.82. The van der Waals surface area contributed by atoms with Gasteiger partial charge in [-0.25, -0.2) is 0 Å². The van der Waals surface area contributed by atoms with Gasteiger partial charge in [0.15, 0.2) is 0 Å². The summed E-state index contributed by atoms with van der Waals surface area (Å²) in [4.78, 5) is 28.9. The summed E-state index contributed by atoms with van der Waals surface area (Å²) in [6.45, 7) is 2.82. The lowest BCUT2D eigenvalue weighted by atomic mass is 9.96. The molecule has 2 heterocycles. The Kier molecular flexibility index (Phi) is 5.51. The van der Waals surface area contributed by atoms with Crippen LogP contribution in [0.4, 0.5) is 0 Å². The summed E-state index contributed by atoms with van der Waals surface area (Å²) in [6, 6.07) is 9.75. The normalized spacial score (nSPS) is 24.2. The number of piperidine rings is 1. The van der Waals surface area contributed by atoms with Crippen molar-refractivity contribution < 1.29 is 14.7 Å².